The van der Waals surface area contributed by atoms with Crippen LogP contribution in [0.2, 0.25) is 0 Å². The van der Waals surface area contributed by atoms with E-state index in [4.69, 9.17) is 24.7 Å². The lowest BCUT2D eigenvalue weighted by Gasteiger charge is -2.24. The summed E-state index contributed by atoms with van der Waals surface area (Å²) in [6.07, 6.45) is 0.544. The zero-order valence-corrected chi connectivity index (χ0v) is 25.5. The Bertz CT molecular complexity index is 1470. The first-order valence-electron chi connectivity index (χ1n) is 14.7. The highest BCUT2D eigenvalue weighted by molar-refractivity contribution is 5.84. The molecule has 5 rings (SSSR count). The summed E-state index contributed by atoms with van der Waals surface area (Å²) in [5.41, 5.74) is 8.85. The van der Waals surface area contributed by atoms with Crippen molar-refractivity contribution in [1.82, 2.24) is 24.8 Å². The summed E-state index contributed by atoms with van der Waals surface area (Å²) in [7, 11) is 0. The summed E-state index contributed by atoms with van der Waals surface area (Å²) < 4.78 is 25.5. The monoisotopic (exact) mass is 595 g/mol. The third-order valence-electron chi connectivity index (χ3n) is 7.12. The fourth-order valence-electron chi connectivity index (χ4n) is 5.32. The summed E-state index contributed by atoms with van der Waals surface area (Å²) >= 11 is 0. The number of carbonyl (C=O) groups is 2. The van der Waals surface area contributed by atoms with E-state index in [2.05, 4.69) is 25.6 Å². The van der Waals surface area contributed by atoms with Gasteiger partial charge in [-0.15, -0.1) is 0 Å². The van der Waals surface area contributed by atoms with Gasteiger partial charge in [0.1, 0.15) is 23.3 Å². The number of anilines is 2. The molecule has 0 radical (unpaired) electrons. The Morgan fingerprint density at radius 1 is 1.07 bits per heavy atom. The van der Waals surface area contributed by atoms with E-state index in [1.54, 1.807) is 10.9 Å². The molecule has 2 fully saturated rings. The number of nitrogens with one attached hydrogen (secondary N) is 2. The van der Waals surface area contributed by atoms with Crippen LogP contribution in [0, 0.1) is 0 Å². The number of esters is 1. The normalized spacial score (nSPS) is 22.8. The van der Waals surface area contributed by atoms with Crippen molar-refractivity contribution in [1.29, 1.82) is 0 Å². The van der Waals surface area contributed by atoms with E-state index >= 15 is 0 Å². The highest BCUT2D eigenvalue weighted by Gasteiger charge is 2.58. The second kappa shape index (κ2) is 12.1. The quantitative estimate of drug-likeness (QED) is 0.295. The average molecular weight is 596 g/mol. The lowest BCUT2D eigenvalue weighted by atomic mass is 10.1. The molecule has 2 aliphatic rings. The number of nitrogens with zero attached hydrogens (tertiary/aromatic N) is 4. The predicted molar refractivity (Wildman–Crippen MR) is 159 cm³/mol. The lowest BCUT2D eigenvalue weighted by molar-refractivity contribution is -0.197. The number of nitrogen functional groups attached to an aromatic ring is 1. The molecule has 2 aromatic heterocycles. The Morgan fingerprint density at radius 2 is 1.74 bits per heavy atom. The van der Waals surface area contributed by atoms with Crippen molar-refractivity contribution in [2.75, 3.05) is 24.1 Å². The number of rotatable bonds is 10. The number of fused-ring (bicyclic) bond motifs is 2. The fourth-order valence-corrected chi connectivity index (χ4v) is 5.32. The van der Waals surface area contributed by atoms with Crippen LogP contribution in [0.1, 0.15) is 65.3 Å². The third-order valence-corrected chi connectivity index (χ3v) is 7.12. The number of ether oxygens (including phenoxy) is 4. The van der Waals surface area contributed by atoms with Gasteiger partial charge < -0.3 is 35.3 Å². The van der Waals surface area contributed by atoms with Crippen molar-refractivity contribution >= 4 is 34.8 Å². The molecule has 3 aromatic rings. The molecule has 0 aliphatic carbocycles. The molecule has 2 aliphatic heterocycles. The Kier molecular flexibility index (Phi) is 8.59. The molecule has 0 unspecified atom stereocenters. The van der Waals surface area contributed by atoms with Gasteiger partial charge in [-0.25, -0.2) is 4.98 Å². The summed E-state index contributed by atoms with van der Waals surface area (Å²) in [5, 5.41) is 6.06. The Balaban J connectivity index is 1.24. The molecule has 4 N–H and O–H groups in total. The van der Waals surface area contributed by atoms with Crippen molar-refractivity contribution in [2.24, 2.45) is 0 Å². The van der Waals surface area contributed by atoms with Crippen LogP contribution in [0.25, 0.3) is 11.2 Å². The number of hydrogen-bond donors (Lipinski definition) is 3. The van der Waals surface area contributed by atoms with Gasteiger partial charge in [0.25, 0.3) is 5.91 Å². The number of nitrogens with two attached hydrogens (primary N) is 1. The van der Waals surface area contributed by atoms with E-state index < -0.39 is 35.9 Å². The summed E-state index contributed by atoms with van der Waals surface area (Å²) in [5.74, 6) is -0.778. The first-order chi connectivity index (χ1) is 20.3. The van der Waals surface area contributed by atoms with Gasteiger partial charge in [-0.3, -0.25) is 14.2 Å². The van der Waals surface area contributed by atoms with Gasteiger partial charge in [0.2, 0.25) is 5.95 Å². The second-order valence-corrected chi connectivity index (χ2v) is 12.2. The Morgan fingerprint density at radius 3 is 2.42 bits per heavy atom. The maximum absolute atomic E-state index is 12.8. The molecule has 4 heterocycles. The molecule has 0 spiro atoms. The largest absolute Gasteiger partial charge is 0.460 e. The Hall–Kier alpha value is -3.81. The molecule has 2 saturated heterocycles. The number of imidazole rings is 1. The first kappa shape index (κ1) is 30.6. The lowest BCUT2D eigenvalue weighted by Crippen LogP contribution is -2.42. The molecule has 0 saturated carbocycles. The van der Waals surface area contributed by atoms with Crippen LogP contribution in [-0.2, 0) is 41.4 Å². The van der Waals surface area contributed by atoms with Gasteiger partial charge in [-0.2, -0.15) is 9.97 Å². The number of benzene rings is 1. The molecular weight excluding hydrogens is 554 g/mol. The number of carbonyl (C=O) groups excluding carboxylic acids is 2. The maximum Gasteiger partial charge on any atom is 0.306 e. The number of aromatic nitrogens is 4. The van der Waals surface area contributed by atoms with E-state index in [-0.39, 0.29) is 17.7 Å². The third kappa shape index (κ3) is 7.06. The van der Waals surface area contributed by atoms with Crippen LogP contribution >= 0.6 is 0 Å². The molecule has 43 heavy (non-hydrogen) atoms. The van der Waals surface area contributed by atoms with Crippen LogP contribution in [0.3, 0.4) is 0 Å². The average Bonchev–Trinajstić information content (AvgIpc) is 3.58. The molecular formula is C30H41N7O6. The van der Waals surface area contributed by atoms with E-state index in [1.165, 1.54) is 0 Å². The minimum Gasteiger partial charge on any atom is -0.460 e. The van der Waals surface area contributed by atoms with Gasteiger partial charge in [0.05, 0.1) is 6.33 Å². The molecule has 4 atom stereocenters. The summed E-state index contributed by atoms with van der Waals surface area (Å²) in [6, 6.07) is 8.14. The van der Waals surface area contributed by atoms with Crippen LogP contribution < -0.4 is 16.4 Å². The van der Waals surface area contributed by atoms with Crippen molar-refractivity contribution in [3.63, 3.8) is 0 Å². The summed E-state index contributed by atoms with van der Waals surface area (Å²) in [6.45, 7) is 12.1. The minimum absolute atomic E-state index is 0.201. The van der Waals surface area contributed by atoms with Crippen molar-refractivity contribution in [3.05, 3.63) is 41.7 Å². The number of hydrogen-bond acceptors (Lipinski definition) is 11. The highest BCUT2D eigenvalue weighted by Crippen LogP contribution is 2.44. The summed E-state index contributed by atoms with van der Waals surface area (Å²) in [4.78, 5) is 38.3. The Labute approximate surface area is 250 Å². The van der Waals surface area contributed by atoms with Crippen LogP contribution in [0.15, 0.2) is 30.6 Å². The van der Waals surface area contributed by atoms with Gasteiger partial charge in [0, 0.05) is 19.5 Å². The van der Waals surface area contributed by atoms with Crippen molar-refractivity contribution in [2.45, 2.75) is 96.7 Å². The van der Waals surface area contributed by atoms with E-state index in [0.29, 0.717) is 43.0 Å². The number of aryl methyl sites for hydroxylation is 1. The van der Waals surface area contributed by atoms with Crippen LogP contribution in [-0.4, -0.2) is 74.2 Å². The SMILES string of the molecule is CCNC(=O)[C@H]1O[C@@H](n2cnc3c(N)nc(NCCc4ccc(CCC(=O)OC(C)(C)C)cc4)nc32)[C@@H]2OC(C)(C)O[C@@H]21. The number of amides is 1. The smallest absolute Gasteiger partial charge is 0.306 e. The molecule has 1 aromatic carbocycles. The van der Waals surface area contributed by atoms with Gasteiger partial charge >= 0.3 is 5.97 Å². The zero-order chi connectivity index (χ0) is 30.9. The maximum atomic E-state index is 12.8. The standard InChI is InChI=1S/C30H41N7O6/c1-7-32-26(39)22-21-23(43-30(5,6)42-21)27(40-22)37-16-34-20-24(31)35-28(36-25(20)37)33-15-14-18-10-8-17(9-11-18)12-13-19(38)41-29(2,3)4/h8-11,16,21-23,27H,7,12-15H2,1-6H3,(H,32,39)(H3,31,33,35,36)/t21-,22+,23-,27-/m1/s1. The number of likely N-dealkylation sites (N-methyl/N-ethyl adjacent to an activating group) is 1. The fraction of sp³-hybridized carbons (Fsp3) is 0.567. The molecule has 1 amide bonds. The second-order valence-electron chi connectivity index (χ2n) is 12.2. The minimum atomic E-state index is -0.879. The highest BCUT2D eigenvalue weighted by atomic mass is 16.8. The molecule has 232 valence electrons. The van der Waals surface area contributed by atoms with Crippen molar-refractivity contribution in [3.8, 4) is 0 Å². The van der Waals surface area contributed by atoms with Gasteiger partial charge in [0.15, 0.2) is 29.6 Å². The molecule has 13 heteroatoms. The van der Waals surface area contributed by atoms with E-state index in [0.717, 1.165) is 17.5 Å². The first-order valence-corrected chi connectivity index (χ1v) is 14.7. The molecule has 13 nitrogen and oxygen atoms in total. The predicted octanol–water partition coefficient (Wildman–Crippen LogP) is 2.89. The van der Waals surface area contributed by atoms with E-state index in [1.807, 2.05) is 65.8 Å². The zero-order valence-electron chi connectivity index (χ0n) is 25.5. The van der Waals surface area contributed by atoms with Gasteiger partial charge in [-0.1, -0.05) is 24.3 Å². The van der Waals surface area contributed by atoms with Gasteiger partial charge in [-0.05, 0) is 65.5 Å². The van der Waals surface area contributed by atoms with Crippen molar-refractivity contribution < 1.29 is 28.5 Å². The molecule has 0 bridgehead atoms. The van der Waals surface area contributed by atoms with E-state index in [9.17, 15) is 9.59 Å². The van der Waals surface area contributed by atoms with Crippen LogP contribution in [0.4, 0.5) is 11.8 Å². The van der Waals surface area contributed by atoms with Crippen LogP contribution in [0.5, 0.6) is 0 Å². The topological polar surface area (TPSA) is 165 Å².